The molecule has 1 heterocycles. The number of halogens is 3. The van der Waals surface area contributed by atoms with E-state index in [1.807, 2.05) is 4.90 Å². The van der Waals surface area contributed by atoms with Crippen LogP contribution < -0.4 is 0 Å². The molecule has 0 aliphatic carbocycles. The Morgan fingerprint density at radius 1 is 1.43 bits per heavy atom. The van der Waals surface area contributed by atoms with Crippen LogP contribution in [0.15, 0.2) is 16.6 Å². The highest BCUT2D eigenvalue weighted by molar-refractivity contribution is 9.10. The summed E-state index contributed by atoms with van der Waals surface area (Å²) in [4.78, 5) is 12.6. The molecule has 6 heteroatoms. The number of carbonyl (C=O) groups is 1. The molecule has 0 aromatic heterocycles. The first-order valence-corrected chi connectivity index (χ1v) is 7.83. The zero-order valence-electron chi connectivity index (χ0n) is 11.6. The van der Waals surface area contributed by atoms with E-state index in [-0.39, 0.29) is 28.9 Å². The van der Waals surface area contributed by atoms with Gasteiger partial charge in [0.05, 0.1) is 4.47 Å². The number of piperidine rings is 1. The van der Waals surface area contributed by atoms with E-state index in [4.69, 9.17) is 5.11 Å². The fourth-order valence-electron chi connectivity index (χ4n) is 2.80. The molecule has 1 N–H and O–H groups in total. The van der Waals surface area contributed by atoms with Crippen LogP contribution >= 0.6 is 15.9 Å². The Hall–Kier alpha value is -1.01. The van der Waals surface area contributed by atoms with E-state index in [1.54, 1.807) is 0 Å². The Morgan fingerprint density at radius 3 is 2.90 bits per heavy atom. The van der Waals surface area contributed by atoms with E-state index in [1.165, 1.54) is 12.1 Å². The largest absolute Gasteiger partial charge is 0.481 e. The fourth-order valence-corrected chi connectivity index (χ4v) is 3.17. The highest BCUT2D eigenvalue weighted by Gasteiger charge is 2.23. The topological polar surface area (TPSA) is 40.5 Å². The first kappa shape index (κ1) is 16.4. The van der Waals surface area contributed by atoms with E-state index in [0.717, 1.165) is 19.4 Å². The zero-order chi connectivity index (χ0) is 15.4. The third kappa shape index (κ3) is 4.48. The van der Waals surface area contributed by atoms with Crippen LogP contribution in [0.5, 0.6) is 0 Å². The van der Waals surface area contributed by atoms with E-state index < -0.39 is 17.6 Å². The van der Waals surface area contributed by atoms with Gasteiger partial charge >= 0.3 is 5.97 Å². The molecule has 2 rings (SSSR count). The molecule has 0 spiro atoms. The molecular weight excluding hydrogens is 344 g/mol. The minimum atomic E-state index is -0.795. The zero-order valence-corrected chi connectivity index (χ0v) is 13.2. The van der Waals surface area contributed by atoms with E-state index in [9.17, 15) is 13.6 Å². The number of likely N-dealkylation sites (tertiary alicyclic amines) is 1. The van der Waals surface area contributed by atoms with Crippen LogP contribution in [0, 0.1) is 17.6 Å². The molecule has 1 aliphatic rings. The van der Waals surface area contributed by atoms with E-state index >= 15 is 0 Å². The van der Waals surface area contributed by atoms with Crippen molar-refractivity contribution in [1.29, 1.82) is 0 Å². The predicted octanol–water partition coefficient (Wildman–Crippen LogP) is 3.80. The lowest BCUT2D eigenvalue weighted by Crippen LogP contribution is -2.35. The smallest absolute Gasteiger partial charge is 0.303 e. The van der Waals surface area contributed by atoms with Gasteiger partial charge in [-0.3, -0.25) is 9.69 Å². The summed E-state index contributed by atoms with van der Waals surface area (Å²) in [5, 5.41) is 8.73. The Kier molecular flexibility index (Phi) is 5.70. The molecule has 1 fully saturated rings. The quantitative estimate of drug-likeness (QED) is 0.810. The molecule has 1 aromatic rings. The monoisotopic (exact) mass is 361 g/mol. The number of aliphatic carboxylic acids is 1. The second-order valence-electron chi connectivity index (χ2n) is 5.50. The van der Waals surface area contributed by atoms with Gasteiger partial charge in [-0.25, -0.2) is 8.78 Å². The number of rotatable bonds is 5. The maximum atomic E-state index is 14.0. The summed E-state index contributed by atoms with van der Waals surface area (Å²) < 4.78 is 28.0. The van der Waals surface area contributed by atoms with Crippen LogP contribution in [0.4, 0.5) is 8.78 Å². The van der Waals surface area contributed by atoms with Crippen molar-refractivity contribution in [3.8, 4) is 0 Å². The summed E-state index contributed by atoms with van der Waals surface area (Å²) in [6, 6.07) is 2.62. The van der Waals surface area contributed by atoms with E-state index in [0.29, 0.717) is 13.0 Å². The predicted molar refractivity (Wildman–Crippen MR) is 78.9 cm³/mol. The van der Waals surface area contributed by atoms with Crippen LogP contribution in [-0.2, 0) is 11.3 Å². The third-order valence-electron chi connectivity index (χ3n) is 3.89. The van der Waals surface area contributed by atoms with Crippen molar-refractivity contribution < 1.29 is 18.7 Å². The van der Waals surface area contributed by atoms with Crippen LogP contribution in [0.25, 0.3) is 0 Å². The minimum Gasteiger partial charge on any atom is -0.481 e. The van der Waals surface area contributed by atoms with Crippen LogP contribution in [-0.4, -0.2) is 29.1 Å². The number of benzene rings is 1. The maximum absolute atomic E-state index is 14.0. The fraction of sp³-hybridized carbons (Fsp3) is 0.533. The summed E-state index contributed by atoms with van der Waals surface area (Å²) in [7, 11) is 0. The second kappa shape index (κ2) is 7.31. The molecule has 3 nitrogen and oxygen atoms in total. The van der Waals surface area contributed by atoms with E-state index in [2.05, 4.69) is 15.9 Å². The molecule has 21 heavy (non-hydrogen) atoms. The van der Waals surface area contributed by atoms with Gasteiger partial charge in [0.2, 0.25) is 0 Å². The normalized spacial score (nSPS) is 19.7. The molecule has 0 amide bonds. The van der Waals surface area contributed by atoms with Gasteiger partial charge < -0.3 is 5.11 Å². The van der Waals surface area contributed by atoms with Crippen molar-refractivity contribution >= 4 is 21.9 Å². The average Bonchev–Trinajstić information content (AvgIpc) is 2.46. The average molecular weight is 362 g/mol. The molecule has 1 unspecified atom stereocenters. The molecule has 1 saturated heterocycles. The summed E-state index contributed by atoms with van der Waals surface area (Å²) in [5.41, 5.74) is 0.0725. The molecule has 1 aromatic carbocycles. The number of hydrogen-bond acceptors (Lipinski definition) is 2. The third-order valence-corrected chi connectivity index (χ3v) is 4.50. The summed E-state index contributed by atoms with van der Waals surface area (Å²) in [6.45, 7) is 1.70. The van der Waals surface area contributed by atoms with Crippen molar-refractivity contribution in [1.82, 2.24) is 4.90 Å². The van der Waals surface area contributed by atoms with Crippen LogP contribution in [0.1, 0.15) is 31.2 Å². The number of carboxylic acid groups (broad SMARTS) is 1. The van der Waals surface area contributed by atoms with Gasteiger partial charge in [0.1, 0.15) is 11.6 Å². The number of nitrogens with zero attached hydrogens (tertiary/aromatic N) is 1. The summed E-state index contributed by atoms with van der Waals surface area (Å²) >= 11 is 3.07. The van der Waals surface area contributed by atoms with Gasteiger partial charge in [-0.15, -0.1) is 0 Å². The van der Waals surface area contributed by atoms with Crippen molar-refractivity contribution in [3.63, 3.8) is 0 Å². The van der Waals surface area contributed by atoms with Crippen molar-refractivity contribution in [3.05, 3.63) is 33.8 Å². The van der Waals surface area contributed by atoms with Crippen molar-refractivity contribution in [2.24, 2.45) is 5.92 Å². The standard InChI is InChI=1S/C15H18BrF2NO2/c16-12-4-5-13(17)11(15(12)18)9-19-7-1-2-10(8-19)3-6-14(20)21/h4-5,10H,1-3,6-9H2,(H,20,21). The molecular formula is C15H18BrF2NO2. The first-order valence-electron chi connectivity index (χ1n) is 7.04. The van der Waals surface area contributed by atoms with Gasteiger partial charge in [-0.1, -0.05) is 0 Å². The van der Waals surface area contributed by atoms with Crippen molar-refractivity contribution in [2.45, 2.75) is 32.2 Å². The van der Waals surface area contributed by atoms with Gasteiger partial charge in [0.15, 0.2) is 0 Å². The van der Waals surface area contributed by atoms with Gasteiger partial charge in [-0.05, 0) is 59.8 Å². The molecule has 116 valence electrons. The lowest BCUT2D eigenvalue weighted by molar-refractivity contribution is -0.137. The SMILES string of the molecule is O=C(O)CCC1CCCN(Cc2c(F)ccc(Br)c2F)C1. The lowest BCUT2D eigenvalue weighted by Gasteiger charge is -2.32. The molecule has 0 bridgehead atoms. The highest BCUT2D eigenvalue weighted by Crippen LogP contribution is 2.26. The molecule has 0 saturated carbocycles. The highest BCUT2D eigenvalue weighted by atomic mass is 79.9. The number of carboxylic acids is 1. The lowest BCUT2D eigenvalue weighted by atomic mass is 9.93. The Morgan fingerprint density at radius 2 is 2.19 bits per heavy atom. The van der Waals surface area contributed by atoms with Crippen LogP contribution in [0.2, 0.25) is 0 Å². The van der Waals surface area contributed by atoms with Gasteiger partial charge in [0, 0.05) is 25.1 Å². The molecule has 1 atom stereocenters. The summed E-state index contributed by atoms with van der Waals surface area (Å²) in [6.07, 6.45) is 2.68. The van der Waals surface area contributed by atoms with Gasteiger partial charge in [-0.2, -0.15) is 0 Å². The maximum Gasteiger partial charge on any atom is 0.303 e. The molecule has 1 aliphatic heterocycles. The molecule has 0 radical (unpaired) electrons. The number of hydrogen-bond donors (Lipinski definition) is 1. The minimum absolute atomic E-state index is 0.0725. The second-order valence-corrected chi connectivity index (χ2v) is 6.35. The Labute approximate surface area is 131 Å². The first-order chi connectivity index (χ1) is 9.97. The van der Waals surface area contributed by atoms with Crippen molar-refractivity contribution in [2.75, 3.05) is 13.1 Å². The Bertz CT molecular complexity index is 525. The Balaban J connectivity index is 2.00. The van der Waals surface area contributed by atoms with Crippen LogP contribution in [0.3, 0.4) is 0 Å². The van der Waals surface area contributed by atoms with Gasteiger partial charge in [0.25, 0.3) is 0 Å². The summed E-state index contributed by atoms with van der Waals surface area (Å²) in [5.74, 6) is -1.60.